The van der Waals surface area contributed by atoms with Crippen LogP contribution in [0, 0.1) is 6.92 Å². The number of carbonyl (C=O) groups is 2. The minimum absolute atomic E-state index is 0.111. The van der Waals surface area contributed by atoms with Gasteiger partial charge in [-0.3, -0.25) is 14.5 Å². The molecule has 2 atom stereocenters. The Hall–Kier alpha value is -1.99. The number of imide groups is 1. The molecule has 0 N–H and O–H groups in total. The highest BCUT2D eigenvalue weighted by molar-refractivity contribution is 7.92. The number of hydrogen-bond donors (Lipinski definition) is 0. The Morgan fingerprint density at radius 2 is 1.48 bits per heavy atom. The summed E-state index contributed by atoms with van der Waals surface area (Å²) in [6, 6.07) is 7.26. The predicted octanol–water partition coefficient (Wildman–Crippen LogP) is 2.44. The Morgan fingerprint density at radius 3 is 2.04 bits per heavy atom. The molecule has 7 heteroatoms. The minimum Gasteiger partial charge on any atom is -0.279 e. The number of sulfonamides is 1. The SMILES string of the molecule is Cc1ccc(C=CS(=O)(=O)N2C3CCC2CC(N2C(=O)CCC2=O)C3)cc1. The van der Waals surface area contributed by atoms with Gasteiger partial charge in [0.05, 0.1) is 0 Å². The number of hydrogen-bond acceptors (Lipinski definition) is 4. The van der Waals surface area contributed by atoms with Gasteiger partial charge >= 0.3 is 0 Å². The number of nitrogens with zero attached hydrogens (tertiary/aromatic N) is 2. The molecule has 1 aromatic rings. The molecule has 2 bridgehead atoms. The first-order chi connectivity index (χ1) is 12.8. The van der Waals surface area contributed by atoms with Crippen LogP contribution >= 0.6 is 0 Å². The zero-order valence-corrected chi connectivity index (χ0v) is 16.2. The van der Waals surface area contributed by atoms with Crippen molar-refractivity contribution in [2.24, 2.45) is 0 Å². The highest BCUT2D eigenvalue weighted by atomic mass is 32.2. The number of amides is 2. The molecule has 27 heavy (non-hydrogen) atoms. The van der Waals surface area contributed by atoms with Crippen LogP contribution in [0.2, 0.25) is 0 Å². The van der Waals surface area contributed by atoms with Crippen LogP contribution in [-0.2, 0) is 19.6 Å². The Balaban J connectivity index is 1.51. The fraction of sp³-hybridized carbons (Fsp3) is 0.500. The van der Waals surface area contributed by atoms with Crippen molar-refractivity contribution in [2.45, 2.75) is 63.6 Å². The van der Waals surface area contributed by atoms with E-state index < -0.39 is 10.0 Å². The van der Waals surface area contributed by atoms with Gasteiger partial charge in [-0.2, -0.15) is 4.31 Å². The molecule has 0 radical (unpaired) electrons. The average Bonchev–Trinajstić information content (AvgIpc) is 3.11. The first kappa shape index (κ1) is 18.4. The number of rotatable bonds is 4. The van der Waals surface area contributed by atoms with Gasteiger partial charge in [-0.15, -0.1) is 0 Å². The molecule has 3 aliphatic rings. The van der Waals surface area contributed by atoms with Crippen molar-refractivity contribution in [1.29, 1.82) is 0 Å². The third-order valence-electron chi connectivity index (χ3n) is 5.90. The van der Waals surface area contributed by atoms with Crippen LogP contribution in [0.1, 0.15) is 49.7 Å². The van der Waals surface area contributed by atoms with Gasteiger partial charge in [0.15, 0.2) is 0 Å². The topological polar surface area (TPSA) is 74.8 Å². The van der Waals surface area contributed by atoms with Crippen LogP contribution in [0.4, 0.5) is 0 Å². The van der Waals surface area contributed by atoms with E-state index in [1.807, 2.05) is 31.2 Å². The molecule has 0 aromatic heterocycles. The fourth-order valence-corrected chi connectivity index (χ4v) is 6.33. The summed E-state index contributed by atoms with van der Waals surface area (Å²) in [7, 11) is -3.54. The highest BCUT2D eigenvalue weighted by Gasteiger charge is 2.49. The van der Waals surface area contributed by atoms with Crippen molar-refractivity contribution in [2.75, 3.05) is 0 Å². The third kappa shape index (κ3) is 3.46. The second kappa shape index (κ2) is 6.87. The Morgan fingerprint density at radius 1 is 0.926 bits per heavy atom. The smallest absolute Gasteiger partial charge is 0.236 e. The van der Waals surface area contributed by atoms with E-state index >= 15 is 0 Å². The normalized spacial score (nSPS) is 29.2. The Kier molecular flexibility index (Phi) is 4.68. The van der Waals surface area contributed by atoms with E-state index in [1.54, 1.807) is 10.4 Å². The molecule has 3 fully saturated rings. The van der Waals surface area contributed by atoms with Gasteiger partial charge in [0.2, 0.25) is 21.8 Å². The van der Waals surface area contributed by atoms with Crippen LogP contribution in [0.5, 0.6) is 0 Å². The predicted molar refractivity (Wildman–Crippen MR) is 102 cm³/mol. The fourth-order valence-electron chi connectivity index (χ4n) is 4.65. The molecule has 2 unspecified atom stereocenters. The standard InChI is InChI=1S/C20H24N2O4S/c1-14-2-4-15(5-3-14)10-11-27(25,26)22-16-6-7-17(22)13-18(12-16)21-19(23)8-9-20(21)24/h2-5,10-11,16-18H,6-9,12-13H2,1H3. The van der Waals surface area contributed by atoms with Crippen molar-refractivity contribution in [3.63, 3.8) is 0 Å². The van der Waals surface area contributed by atoms with E-state index in [0.29, 0.717) is 12.8 Å². The second-order valence-corrected chi connectivity index (χ2v) is 9.48. The summed E-state index contributed by atoms with van der Waals surface area (Å²) in [5.41, 5.74) is 1.97. The maximum atomic E-state index is 12.9. The van der Waals surface area contributed by atoms with E-state index in [9.17, 15) is 18.0 Å². The van der Waals surface area contributed by atoms with Gasteiger partial charge in [-0.05, 0) is 44.2 Å². The lowest BCUT2D eigenvalue weighted by atomic mass is 9.98. The van der Waals surface area contributed by atoms with Gasteiger partial charge in [-0.1, -0.05) is 29.8 Å². The van der Waals surface area contributed by atoms with Crippen LogP contribution in [0.25, 0.3) is 6.08 Å². The Labute approximate surface area is 159 Å². The van der Waals surface area contributed by atoms with E-state index in [0.717, 1.165) is 24.0 Å². The van der Waals surface area contributed by atoms with Crippen LogP contribution < -0.4 is 0 Å². The lowest BCUT2D eigenvalue weighted by Gasteiger charge is -2.40. The molecular weight excluding hydrogens is 364 g/mol. The van der Waals surface area contributed by atoms with Crippen molar-refractivity contribution in [3.05, 3.63) is 40.8 Å². The van der Waals surface area contributed by atoms with Crippen molar-refractivity contribution < 1.29 is 18.0 Å². The summed E-state index contributed by atoms with van der Waals surface area (Å²) in [6.45, 7) is 1.99. The summed E-state index contributed by atoms with van der Waals surface area (Å²) in [4.78, 5) is 25.5. The van der Waals surface area contributed by atoms with Gasteiger partial charge < -0.3 is 0 Å². The molecule has 0 saturated carbocycles. The van der Waals surface area contributed by atoms with E-state index in [4.69, 9.17) is 0 Å². The summed E-state index contributed by atoms with van der Waals surface area (Å²) < 4.78 is 27.5. The zero-order valence-electron chi connectivity index (χ0n) is 15.4. The molecule has 3 heterocycles. The van der Waals surface area contributed by atoms with Crippen LogP contribution in [0.15, 0.2) is 29.7 Å². The lowest BCUT2D eigenvalue weighted by molar-refractivity contribution is -0.142. The largest absolute Gasteiger partial charge is 0.279 e. The molecule has 0 aliphatic carbocycles. The summed E-state index contributed by atoms with van der Waals surface area (Å²) in [6.07, 6.45) is 4.87. The van der Waals surface area contributed by atoms with Crippen molar-refractivity contribution >= 4 is 27.9 Å². The average molecular weight is 388 g/mol. The van der Waals surface area contributed by atoms with Crippen molar-refractivity contribution in [3.8, 4) is 0 Å². The second-order valence-electron chi connectivity index (χ2n) is 7.76. The molecule has 1 aromatic carbocycles. The first-order valence-electron chi connectivity index (χ1n) is 9.48. The molecule has 4 rings (SSSR count). The third-order valence-corrected chi connectivity index (χ3v) is 7.56. The molecule has 0 spiro atoms. The Bertz CT molecular complexity index is 861. The van der Waals surface area contributed by atoms with Gasteiger partial charge in [-0.25, -0.2) is 8.42 Å². The van der Waals surface area contributed by atoms with E-state index in [2.05, 4.69) is 0 Å². The molecule has 3 aliphatic heterocycles. The van der Waals surface area contributed by atoms with Crippen LogP contribution in [-0.4, -0.2) is 47.6 Å². The monoisotopic (exact) mass is 388 g/mol. The highest BCUT2D eigenvalue weighted by Crippen LogP contribution is 2.41. The summed E-state index contributed by atoms with van der Waals surface area (Å²) in [5, 5.41) is 1.29. The molecule has 6 nitrogen and oxygen atoms in total. The molecular formula is C20H24N2O4S. The number of benzene rings is 1. The molecule has 3 saturated heterocycles. The number of likely N-dealkylation sites (tertiary alicyclic amines) is 1. The number of fused-ring (bicyclic) bond motifs is 2. The molecule has 144 valence electrons. The quantitative estimate of drug-likeness (QED) is 0.743. The van der Waals surface area contributed by atoms with Gasteiger partial charge in [0, 0.05) is 36.4 Å². The van der Waals surface area contributed by atoms with Gasteiger partial charge in [0.1, 0.15) is 0 Å². The van der Waals surface area contributed by atoms with E-state index in [-0.39, 0.29) is 42.8 Å². The lowest BCUT2D eigenvalue weighted by Crippen LogP contribution is -2.53. The maximum absolute atomic E-state index is 12.9. The number of aryl methyl sites for hydroxylation is 1. The molecule has 2 amide bonds. The minimum atomic E-state index is -3.54. The van der Waals surface area contributed by atoms with Crippen LogP contribution in [0.3, 0.4) is 0 Å². The first-order valence-corrected chi connectivity index (χ1v) is 11.0. The number of carbonyl (C=O) groups excluding carboxylic acids is 2. The summed E-state index contributed by atoms with van der Waals surface area (Å²) in [5.74, 6) is -0.222. The summed E-state index contributed by atoms with van der Waals surface area (Å²) >= 11 is 0. The van der Waals surface area contributed by atoms with E-state index in [1.165, 1.54) is 10.3 Å². The number of piperidine rings is 1. The van der Waals surface area contributed by atoms with Gasteiger partial charge in [0.25, 0.3) is 0 Å². The maximum Gasteiger partial charge on any atom is 0.236 e. The van der Waals surface area contributed by atoms with Crippen molar-refractivity contribution in [1.82, 2.24) is 9.21 Å². The zero-order chi connectivity index (χ0) is 19.2.